The summed E-state index contributed by atoms with van der Waals surface area (Å²) in [6.07, 6.45) is 2.42. The summed E-state index contributed by atoms with van der Waals surface area (Å²) in [6, 6.07) is 8.99. The fourth-order valence-electron chi connectivity index (χ4n) is 1.63. The molecule has 0 fully saturated rings. The molecule has 0 N–H and O–H groups in total. The molecule has 0 saturated heterocycles. The summed E-state index contributed by atoms with van der Waals surface area (Å²) >= 11 is 0. The number of pyridine rings is 1. The molecule has 0 bridgehead atoms. The Morgan fingerprint density at radius 3 is 2.28 bits per heavy atom. The lowest BCUT2D eigenvalue weighted by molar-refractivity contribution is 0.112. The second-order valence-electron chi connectivity index (χ2n) is 3.66. The van der Waals surface area contributed by atoms with Crippen LogP contribution in [0.25, 0.3) is 11.3 Å². The number of aromatic nitrogens is 1. The molecule has 0 aliphatic heterocycles. The lowest BCUT2D eigenvalue weighted by atomic mass is 10.1. The topological polar surface area (TPSA) is 48.4 Å². The molecule has 0 unspecified atom stereocenters. The summed E-state index contributed by atoms with van der Waals surface area (Å²) in [5.41, 5.74) is 2.32. The van der Waals surface area contributed by atoms with Gasteiger partial charge in [0.25, 0.3) is 0 Å². The highest BCUT2D eigenvalue weighted by Crippen LogP contribution is 2.30. The maximum Gasteiger partial charge on any atom is 0.179 e. The van der Waals surface area contributed by atoms with Crippen LogP contribution in [-0.2, 0) is 0 Å². The standard InChI is InChI=1S/C14H13NO3/c1-17-13-7-12(15-8-14(13)18-2)11-5-3-10(9-16)4-6-11/h3-9H,1-2H3. The van der Waals surface area contributed by atoms with Gasteiger partial charge in [-0.1, -0.05) is 24.3 Å². The minimum atomic E-state index is 0.589. The van der Waals surface area contributed by atoms with Crippen LogP contribution in [0.1, 0.15) is 10.4 Å². The van der Waals surface area contributed by atoms with Crippen LogP contribution < -0.4 is 9.47 Å². The maximum absolute atomic E-state index is 10.6. The van der Waals surface area contributed by atoms with E-state index in [2.05, 4.69) is 4.98 Å². The van der Waals surface area contributed by atoms with Crippen LogP contribution in [0.15, 0.2) is 36.5 Å². The molecule has 4 nitrogen and oxygen atoms in total. The van der Waals surface area contributed by atoms with E-state index in [0.717, 1.165) is 17.5 Å². The Morgan fingerprint density at radius 2 is 1.72 bits per heavy atom. The molecule has 2 rings (SSSR count). The van der Waals surface area contributed by atoms with Gasteiger partial charge in [0.15, 0.2) is 11.5 Å². The molecule has 0 radical (unpaired) electrons. The molecule has 0 atom stereocenters. The number of carbonyl (C=O) groups excluding carboxylic acids is 1. The van der Waals surface area contributed by atoms with Gasteiger partial charge >= 0.3 is 0 Å². The maximum atomic E-state index is 10.6. The van der Waals surface area contributed by atoms with Crippen molar-refractivity contribution in [2.75, 3.05) is 14.2 Å². The lowest BCUT2D eigenvalue weighted by Gasteiger charge is -2.08. The molecule has 4 heteroatoms. The Kier molecular flexibility index (Phi) is 3.57. The van der Waals surface area contributed by atoms with Crippen LogP contribution in [0, 0.1) is 0 Å². The summed E-state index contributed by atoms with van der Waals surface area (Å²) in [6.45, 7) is 0. The molecule has 18 heavy (non-hydrogen) atoms. The minimum absolute atomic E-state index is 0.589. The van der Waals surface area contributed by atoms with E-state index in [1.165, 1.54) is 0 Å². The highest BCUT2D eigenvalue weighted by Gasteiger charge is 2.07. The van der Waals surface area contributed by atoms with Crippen LogP contribution in [0.3, 0.4) is 0 Å². The largest absolute Gasteiger partial charge is 0.493 e. The highest BCUT2D eigenvalue weighted by atomic mass is 16.5. The van der Waals surface area contributed by atoms with Gasteiger partial charge in [0, 0.05) is 17.2 Å². The average Bonchev–Trinajstić information content (AvgIpc) is 2.46. The summed E-state index contributed by atoms with van der Waals surface area (Å²) in [5, 5.41) is 0. The number of hydrogen-bond acceptors (Lipinski definition) is 4. The summed E-state index contributed by atoms with van der Waals surface area (Å²) in [7, 11) is 3.15. The Hall–Kier alpha value is -2.36. The molecule has 0 spiro atoms. The first-order valence-electron chi connectivity index (χ1n) is 5.42. The predicted molar refractivity (Wildman–Crippen MR) is 68.2 cm³/mol. The molecule has 0 aliphatic rings. The smallest absolute Gasteiger partial charge is 0.179 e. The number of hydrogen-bond donors (Lipinski definition) is 0. The first kappa shape index (κ1) is 12.1. The Morgan fingerprint density at radius 1 is 1.06 bits per heavy atom. The molecule has 0 aliphatic carbocycles. The molecular formula is C14H13NO3. The number of carbonyl (C=O) groups is 1. The van der Waals surface area contributed by atoms with Crippen molar-refractivity contribution in [2.24, 2.45) is 0 Å². The lowest BCUT2D eigenvalue weighted by Crippen LogP contribution is -1.93. The van der Waals surface area contributed by atoms with E-state index in [-0.39, 0.29) is 0 Å². The van der Waals surface area contributed by atoms with Gasteiger partial charge in [-0.2, -0.15) is 0 Å². The van der Waals surface area contributed by atoms with Crippen molar-refractivity contribution in [3.05, 3.63) is 42.1 Å². The number of nitrogens with zero attached hydrogens (tertiary/aromatic N) is 1. The Labute approximate surface area is 105 Å². The van der Waals surface area contributed by atoms with E-state index < -0.39 is 0 Å². The third-order valence-electron chi connectivity index (χ3n) is 2.61. The van der Waals surface area contributed by atoms with E-state index in [0.29, 0.717) is 17.1 Å². The third kappa shape index (κ3) is 2.32. The molecule has 1 heterocycles. The van der Waals surface area contributed by atoms with Crippen molar-refractivity contribution in [2.45, 2.75) is 0 Å². The van der Waals surface area contributed by atoms with Gasteiger partial charge in [-0.3, -0.25) is 9.78 Å². The van der Waals surface area contributed by atoms with Gasteiger partial charge in [0.05, 0.1) is 26.1 Å². The normalized spacial score (nSPS) is 9.89. The van der Waals surface area contributed by atoms with Gasteiger partial charge in [-0.05, 0) is 0 Å². The van der Waals surface area contributed by atoms with Crippen LogP contribution in [0.2, 0.25) is 0 Å². The van der Waals surface area contributed by atoms with Crippen LogP contribution in [-0.4, -0.2) is 25.5 Å². The molecule has 2 aromatic rings. The first-order chi connectivity index (χ1) is 8.78. The summed E-state index contributed by atoms with van der Waals surface area (Å²) in [4.78, 5) is 14.9. The third-order valence-corrected chi connectivity index (χ3v) is 2.61. The first-order valence-corrected chi connectivity index (χ1v) is 5.42. The van der Waals surface area contributed by atoms with E-state index >= 15 is 0 Å². The Bertz CT molecular complexity index is 549. The zero-order valence-corrected chi connectivity index (χ0v) is 10.2. The van der Waals surface area contributed by atoms with Crippen molar-refractivity contribution in [3.63, 3.8) is 0 Å². The number of ether oxygens (including phenoxy) is 2. The number of aldehydes is 1. The zero-order chi connectivity index (χ0) is 13.0. The number of benzene rings is 1. The van der Waals surface area contributed by atoms with E-state index in [1.807, 2.05) is 12.1 Å². The molecule has 0 saturated carbocycles. The predicted octanol–water partition coefficient (Wildman–Crippen LogP) is 2.58. The van der Waals surface area contributed by atoms with Crippen LogP contribution in [0.5, 0.6) is 11.5 Å². The van der Waals surface area contributed by atoms with Crippen LogP contribution in [0.4, 0.5) is 0 Å². The SMILES string of the molecule is COc1cnc(-c2ccc(C=O)cc2)cc1OC. The van der Waals surface area contributed by atoms with Gasteiger partial charge in [0.2, 0.25) is 0 Å². The van der Waals surface area contributed by atoms with Crippen LogP contribution >= 0.6 is 0 Å². The second-order valence-corrected chi connectivity index (χ2v) is 3.66. The number of rotatable bonds is 4. The van der Waals surface area contributed by atoms with E-state index in [9.17, 15) is 4.79 Å². The summed E-state index contributed by atoms with van der Waals surface area (Å²) < 4.78 is 10.4. The van der Waals surface area contributed by atoms with E-state index in [1.54, 1.807) is 38.6 Å². The van der Waals surface area contributed by atoms with Gasteiger partial charge in [-0.25, -0.2) is 0 Å². The van der Waals surface area contributed by atoms with Crippen molar-refractivity contribution in [1.29, 1.82) is 0 Å². The van der Waals surface area contributed by atoms with Crippen molar-refractivity contribution in [3.8, 4) is 22.8 Å². The second kappa shape index (κ2) is 5.31. The number of methoxy groups -OCH3 is 2. The fraction of sp³-hybridized carbons (Fsp3) is 0.143. The minimum Gasteiger partial charge on any atom is -0.493 e. The molecule has 1 aromatic heterocycles. The average molecular weight is 243 g/mol. The molecule has 92 valence electrons. The van der Waals surface area contributed by atoms with Crippen molar-refractivity contribution >= 4 is 6.29 Å². The van der Waals surface area contributed by atoms with Gasteiger partial charge in [0.1, 0.15) is 6.29 Å². The summed E-state index contributed by atoms with van der Waals surface area (Å²) in [5.74, 6) is 1.22. The Balaban J connectivity index is 2.40. The monoisotopic (exact) mass is 243 g/mol. The molecular weight excluding hydrogens is 230 g/mol. The highest BCUT2D eigenvalue weighted by molar-refractivity contribution is 5.76. The molecule has 1 aromatic carbocycles. The fourth-order valence-corrected chi connectivity index (χ4v) is 1.63. The quantitative estimate of drug-likeness (QED) is 0.774. The zero-order valence-electron chi connectivity index (χ0n) is 10.2. The van der Waals surface area contributed by atoms with Crippen molar-refractivity contribution < 1.29 is 14.3 Å². The van der Waals surface area contributed by atoms with Gasteiger partial charge in [-0.15, -0.1) is 0 Å². The van der Waals surface area contributed by atoms with Gasteiger partial charge < -0.3 is 9.47 Å². The molecule has 0 amide bonds. The van der Waals surface area contributed by atoms with E-state index in [4.69, 9.17) is 9.47 Å². The van der Waals surface area contributed by atoms with Crippen molar-refractivity contribution in [1.82, 2.24) is 4.98 Å².